The molecule has 0 atom stereocenters. The topological polar surface area (TPSA) is 84.2 Å². The first-order valence-electron chi connectivity index (χ1n) is 13.1. The summed E-state index contributed by atoms with van der Waals surface area (Å²) in [4.78, 5) is 12.2. The van der Waals surface area contributed by atoms with Crippen molar-refractivity contribution in [3.8, 4) is 5.69 Å². The van der Waals surface area contributed by atoms with E-state index in [1.54, 1.807) is 4.31 Å². The van der Waals surface area contributed by atoms with Gasteiger partial charge in [-0.25, -0.2) is 23.1 Å². The van der Waals surface area contributed by atoms with Crippen molar-refractivity contribution in [2.24, 2.45) is 0 Å². The Hall–Kier alpha value is -4.08. The fourth-order valence-electron chi connectivity index (χ4n) is 5.10. The van der Waals surface area contributed by atoms with Gasteiger partial charge in [-0.15, -0.1) is 0 Å². The van der Waals surface area contributed by atoms with Crippen LogP contribution in [0, 0.1) is 6.92 Å². The molecule has 0 unspecified atom stereocenters. The summed E-state index contributed by atoms with van der Waals surface area (Å²) in [6.07, 6.45) is 0.591. The van der Waals surface area contributed by atoms with E-state index in [0.717, 1.165) is 39.4 Å². The number of rotatable bonds is 7. The molecule has 1 fully saturated rings. The van der Waals surface area contributed by atoms with E-state index >= 15 is 0 Å². The highest BCUT2D eigenvalue weighted by Gasteiger charge is 2.30. The molecule has 2 aromatic heterocycles. The maximum absolute atomic E-state index is 13.2. The molecule has 0 aliphatic carbocycles. The van der Waals surface area contributed by atoms with E-state index in [2.05, 4.69) is 17.0 Å². The van der Waals surface area contributed by atoms with Crippen LogP contribution in [0.2, 0.25) is 0 Å². The van der Waals surface area contributed by atoms with Gasteiger partial charge in [0.2, 0.25) is 10.0 Å². The van der Waals surface area contributed by atoms with Crippen LogP contribution < -0.4 is 4.90 Å². The van der Waals surface area contributed by atoms with Gasteiger partial charge in [0.25, 0.3) is 0 Å². The summed E-state index contributed by atoms with van der Waals surface area (Å²) in [5.74, 6) is 1.53. The van der Waals surface area contributed by atoms with Crippen molar-refractivity contribution >= 4 is 26.9 Å². The highest BCUT2D eigenvalue weighted by Crippen LogP contribution is 2.30. The number of hydrogen-bond acceptors (Lipinski definition) is 6. The van der Waals surface area contributed by atoms with Gasteiger partial charge in [0, 0.05) is 32.6 Å². The third-order valence-corrected chi connectivity index (χ3v) is 8.91. The zero-order valence-electron chi connectivity index (χ0n) is 21.8. The van der Waals surface area contributed by atoms with Crippen LogP contribution >= 0.6 is 0 Å². The number of sulfonamides is 1. The molecule has 5 aromatic rings. The van der Waals surface area contributed by atoms with Crippen LogP contribution in [0.15, 0.2) is 91.0 Å². The van der Waals surface area contributed by atoms with E-state index < -0.39 is 10.0 Å². The lowest BCUT2D eigenvalue weighted by atomic mass is 10.1. The van der Waals surface area contributed by atoms with Crippen LogP contribution in [0.25, 0.3) is 16.7 Å². The molecule has 198 valence electrons. The molecule has 0 spiro atoms. The largest absolute Gasteiger partial charge is 0.353 e. The lowest BCUT2D eigenvalue weighted by molar-refractivity contribution is 0.383. The van der Waals surface area contributed by atoms with Crippen molar-refractivity contribution in [1.29, 1.82) is 0 Å². The van der Waals surface area contributed by atoms with Crippen LogP contribution in [0.5, 0.6) is 0 Å². The Labute approximate surface area is 228 Å². The summed E-state index contributed by atoms with van der Waals surface area (Å²) in [7, 11) is -3.42. The summed E-state index contributed by atoms with van der Waals surface area (Å²) in [6, 6.07) is 29.5. The second kappa shape index (κ2) is 10.6. The fourth-order valence-corrected chi connectivity index (χ4v) is 6.61. The number of piperazine rings is 1. The maximum atomic E-state index is 13.2. The molecule has 3 heterocycles. The minimum Gasteiger partial charge on any atom is -0.353 e. The average molecular weight is 539 g/mol. The Morgan fingerprint density at radius 3 is 1.97 bits per heavy atom. The van der Waals surface area contributed by atoms with E-state index in [9.17, 15) is 8.42 Å². The number of para-hydroxylation sites is 1. The first-order chi connectivity index (χ1) is 19.0. The van der Waals surface area contributed by atoms with Gasteiger partial charge < -0.3 is 4.90 Å². The van der Waals surface area contributed by atoms with Gasteiger partial charge in [-0.2, -0.15) is 9.40 Å². The molecule has 6 rings (SSSR count). The van der Waals surface area contributed by atoms with Crippen LogP contribution in [0.1, 0.15) is 22.6 Å². The van der Waals surface area contributed by atoms with E-state index in [1.807, 2.05) is 90.5 Å². The normalized spacial score (nSPS) is 14.6. The summed E-state index contributed by atoms with van der Waals surface area (Å²) < 4.78 is 29.8. The van der Waals surface area contributed by atoms with Crippen molar-refractivity contribution in [2.45, 2.75) is 19.1 Å². The van der Waals surface area contributed by atoms with Crippen molar-refractivity contribution < 1.29 is 8.42 Å². The first-order valence-corrected chi connectivity index (χ1v) is 14.7. The number of aromatic nitrogens is 4. The predicted octanol–water partition coefficient (Wildman–Crippen LogP) is 4.37. The molecule has 0 bridgehead atoms. The second-order valence-electron chi connectivity index (χ2n) is 9.79. The monoisotopic (exact) mass is 538 g/mol. The van der Waals surface area contributed by atoms with Crippen molar-refractivity contribution in [3.63, 3.8) is 0 Å². The van der Waals surface area contributed by atoms with Gasteiger partial charge in [0.05, 0.1) is 22.5 Å². The molecule has 8 nitrogen and oxygen atoms in total. The Morgan fingerprint density at radius 2 is 1.33 bits per heavy atom. The van der Waals surface area contributed by atoms with Gasteiger partial charge >= 0.3 is 0 Å². The SMILES string of the molecule is Cc1nn(-c2ccccc2)c2nc(Cc3ccccc3)nc(N3CCN(S(=O)(=O)Cc4ccccc4)CC3)c12. The predicted molar refractivity (Wildman–Crippen MR) is 153 cm³/mol. The molecule has 1 aliphatic rings. The molecule has 0 saturated carbocycles. The Bertz CT molecular complexity index is 1680. The molecular formula is C30H30N6O2S. The van der Waals surface area contributed by atoms with Gasteiger partial charge in [-0.3, -0.25) is 0 Å². The summed E-state index contributed by atoms with van der Waals surface area (Å²) in [5.41, 5.74) is 4.46. The van der Waals surface area contributed by atoms with Gasteiger partial charge in [-0.1, -0.05) is 78.9 Å². The van der Waals surface area contributed by atoms with Crippen LogP contribution in [0.3, 0.4) is 0 Å². The highest BCUT2D eigenvalue weighted by molar-refractivity contribution is 7.88. The Kier molecular flexibility index (Phi) is 6.85. The molecule has 0 amide bonds. The standard InChI is InChI=1S/C30H30N6O2S/c1-23-28-29(34-17-19-35(20-18-34)39(37,38)22-25-13-7-3-8-14-25)31-27(21-24-11-5-2-6-12-24)32-30(28)36(33-23)26-15-9-4-10-16-26/h2-16H,17-22H2,1H3. The van der Waals surface area contributed by atoms with Gasteiger partial charge in [0.15, 0.2) is 5.65 Å². The van der Waals surface area contributed by atoms with Crippen molar-refractivity contribution in [1.82, 2.24) is 24.1 Å². The number of benzene rings is 3. The van der Waals surface area contributed by atoms with Crippen LogP contribution in [-0.2, 0) is 22.2 Å². The van der Waals surface area contributed by atoms with Gasteiger partial charge in [0.1, 0.15) is 11.6 Å². The molecular weight excluding hydrogens is 508 g/mol. The van der Waals surface area contributed by atoms with Gasteiger partial charge in [-0.05, 0) is 30.2 Å². The zero-order valence-corrected chi connectivity index (χ0v) is 22.6. The molecule has 9 heteroatoms. The highest BCUT2D eigenvalue weighted by atomic mass is 32.2. The third-order valence-electron chi connectivity index (χ3n) is 7.06. The first kappa shape index (κ1) is 25.2. The number of anilines is 1. The fraction of sp³-hybridized carbons (Fsp3) is 0.233. The summed E-state index contributed by atoms with van der Waals surface area (Å²) >= 11 is 0. The number of nitrogens with zero attached hydrogens (tertiary/aromatic N) is 6. The molecule has 1 saturated heterocycles. The molecule has 0 N–H and O–H groups in total. The minimum absolute atomic E-state index is 0.00969. The minimum atomic E-state index is -3.42. The van der Waals surface area contributed by atoms with Crippen LogP contribution in [0.4, 0.5) is 5.82 Å². The average Bonchev–Trinajstić information content (AvgIpc) is 3.30. The van der Waals surface area contributed by atoms with Crippen molar-refractivity contribution in [2.75, 3.05) is 31.1 Å². The summed E-state index contributed by atoms with van der Waals surface area (Å²) in [5, 5.41) is 5.75. The van der Waals surface area contributed by atoms with Crippen LogP contribution in [-0.4, -0.2) is 58.7 Å². The maximum Gasteiger partial charge on any atom is 0.218 e. The molecule has 1 aliphatic heterocycles. The third kappa shape index (κ3) is 5.28. The number of aryl methyl sites for hydroxylation is 1. The number of hydrogen-bond donors (Lipinski definition) is 0. The molecule has 39 heavy (non-hydrogen) atoms. The van der Waals surface area contributed by atoms with E-state index in [1.165, 1.54) is 0 Å². The van der Waals surface area contributed by atoms with E-state index in [0.29, 0.717) is 38.4 Å². The Morgan fingerprint density at radius 1 is 0.744 bits per heavy atom. The Balaban J connectivity index is 1.34. The smallest absolute Gasteiger partial charge is 0.218 e. The zero-order chi connectivity index (χ0) is 26.8. The second-order valence-corrected chi connectivity index (χ2v) is 11.8. The molecule has 0 radical (unpaired) electrons. The van der Waals surface area contributed by atoms with Crippen molar-refractivity contribution in [3.05, 3.63) is 114 Å². The van der Waals surface area contributed by atoms with E-state index in [-0.39, 0.29) is 5.75 Å². The summed E-state index contributed by atoms with van der Waals surface area (Å²) in [6.45, 7) is 3.87. The number of fused-ring (bicyclic) bond motifs is 1. The molecule has 3 aromatic carbocycles. The van der Waals surface area contributed by atoms with E-state index in [4.69, 9.17) is 15.1 Å². The lowest BCUT2D eigenvalue weighted by Crippen LogP contribution is -2.49. The quantitative estimate of drug-likeness (QED) is 0.306. The lowest BCUT2D eigenvalue weighted by Gasteiger charge is -2.35.